The van der Waals surface area contributed by atoms with E-state index in [0.717, 1.165) is 34.9 Å². The van der Waals surface area contributed by atoms with E-state index in [1.807, 2.05) is 97.9 Å². The first-order valence-electron chi connectivity index (χ1n) is 12.8. The lowest BCUT2D eigenvalue weighted by Crippen LogP contribution is -2.32. The Morgan fingerprint density at radius 1 is 0.524 bits per heavy atom. The van der Waals surface area contributed by atoms with E-state index in [-0.39, 0.29) is 19.8 Å². The molecule has 0 aliphatic rings. The summed E-state index contributed by atoms with van der Waals surface area (Å²) in [6, 6.07) is 27.9. The third-order valence-corrected chi connectivity index (χ3v) is 5.41. The van der Waals surface area contributed by atoms with Gasteiger partial charge in [0.25, 0.3) is 0 Å². The topological polar surface area (TPSA) is 173 Å². The molecule has 9 nitrogen and oxygen atoms in total. The molecule has 224 valence electrons. The number of hydrogen-bond donors (Lipinski definition) is 6. The Labute approximate surface area is 245 Å². The van der Waals surface area contributed by atoms with E-state index in [1.54, 1.807) is 18.2 Å². The highest BCUT2D eigenvalue weighted by Gasteiger charge is 2.24. The smallest absolute Gasteiger partial charge is 0.328 e. The van der Waals surface area contributed by atoms with E-state index < -0.39 is 23.3 Å². The molecule has 3 aromatic carbocycles. The molecular formula is C33H38O9. The maximum Gasteiger partial charge on any atom is 0.328 e. The van der Waals surface area contributed by atoms with Crippen molar-refractivity contribution in [2.45, 2.75) is 13.3 Å². The van der Waals surface area contributed by atoms with Gasteiger partial charge in [-0.1, -0.05) is 97.9 Å². The summed E-state index contributed by atoms with van der Waals surface area (Å²) in [4.78, 5) is 30.3. The molecule has 0 aliphatic carbocycles. The highest BCUT2D eigenvalue weighted by atomic mass is 16.4. The van der Waals surface area contributed by atoms with Gasteiger partial charge >= 0.3 is 17.9 Å². The molecule has 0 amide bonds. The molecule has 0 saturated carbocycles. The monoisotopic (exact) mass is 578 g/mol. The molecule has 42 heavy (non-hydrogen) atoms. The minimum atomic E-state index is -0.922. The van der Waals surface area contributed by atoms with E-state index in [2.05, 4.69) is 0 Å². The van der Waals surface area contributed by atoms with Crippen LogP contribution in [0.5, 0.6) is 0 Å². The molecule has 0 aliphatic heterocycles. The van der Waals surface area contributed by atoms with Gasteiger partial charge in [-0.05, 0) is 41.3 Å². The number of carboxylic acids is 3. The fourth-order valence-electron chi connectivity index (χ4n) is 2.68. The predicted octanol–water partition coefficient (Wildman–Crippen LogP) is 4.71. The van der Waals surface area contributed by atoms with E-state index in [0.29, 0.717) is 6.42 Å². The lowest BCUT2D eigenvalue weighted by atomic mass is 9.88. The van der Waals surface area contributed by atoms with E-state index in [9.17, 15) is 14.4 Å². The minimum absolute atomic E-state index is 0.156. The molecule has 0 fully saturated rings. The highest BCUT2D eigenvalue weighted by molar-refractivity contribution is 5.86. The summed E-state index contributed by atoms with van der Waals surface area (Å²) in [6.07, 6.45) is 8.63. The molecule has 0 aromatic heterocycles. The minimum Gasteiger partial charge on any atom is -0.478 e. The maximum atomic E-state index is 10.1. The zero-order valence-electron chi connectivity index (χ0n) is 23.4. The van der Waals surface area contributed by atoms with Gasteiger partial charge in [0.05, 0.1) is 19.8 Å². The Balaban J connectivity index is 0.000000536. The average Bonchev–Trinajstić information content (AvgIpc) is 3.02. The summed E-state index contributed by atoms with van der Waals surface area (Å²) in [5.74, 6) is -2.77. The Morgan fingerprint density at radius 2 is 0.762 bits per heavy atom. The van der Waals surface area contributed by atoms with Crippen LogP contribution >= 0.6 is 0 Å². The Morgan fingerprint density at radius 3 is 0.905 bits per heavy atom. The van der Waals surface area contributed by atoms with Crippen molar-refractivity contribution in [3.63, 3.8) is 0 Å². The molecule has 0 unspecified atom stereocenters. The molecule has 0 radical (unpaired) electrons. The average molecular weight is 579 g/mol. The molecular weight excluding hydrogens is 540 g/mol. The first-order valence-corrected chi connectivity index (χ1v) is 12.8. The van der Waals surface area contributed by atoms with Crippen LogP contribution in [-0.2, 0) is 14.4 Å². The van der Waals surface area contributed by atoms with Crippen molar-refractivity contribution in [3.05, 3.63) is 126 Å². The number of rotatable bonds is 10. The number of aliphatic carboxylic acids is 3. The van der Waals surface area contributed by atoms with Crippen molar-refractivity contribution in [2.24, 2.45) is 5.41 Å². The van der Waals surface area contributed by atoms with Crippen molar-refractivity contribution in [1.82, 2.24) is 0 Å². The fourth-order valence-corrected chi connectivity index (χ4v) is 2.68. The summed E-state index contributed by atoms with van der Waals surface area (Å²) in [6.45, 7) is 1.35. The molecule has 0 spiro atoms. The fraction of sp³-hybridized carbons (Fsp3) is 0.182. The van der Waals surface area contributed by atoms with Crippen LogP contribution in [-0.4, -0.2) is 68.4 Å². The van der Waals surface area contributed by atoms with E-state index in [4.69, 9.17) is 30.6 Å². The standard InChI is InChI=1S/3C9H8O2.C6H14O3/c3*10-9(11)7-6-8-4-2-1-3-5-8;1-2-6(3-7,4-8)5-9/h3*1-7H,(H,10,11);7-9H,2-5H2,1H3. The van der Waals surface area contributed by atoms with Gasteiger partial charge in [0.1, 0.15) is 0 Å². The molecule has 0 bridgehead atoms. The van der Waals surface area contributed by atoms with Crippen LogP contribution in [0.1, 0.15) is 30.0 Å². The molecule has 0 heterocycles. The lowest BCUT2D eigenvalue weighted by molar-refractivity contribution is -0.132. The Kier molecular flexibility index (Phi) is 20.3. The number of aliphatic hydroxyl groups excluding tert-OH is 3. The number of hydrogen-bond acceptors (Lipinski definition) is 6. The van der Waals surface area contributed by atoms with Gasteiger partial charge in [0.2, 0.25) is 0 Å². The zero-order valence-corrected chi connectivity index (χ0v) is 23.4. The number of carbonyl (C=O) groups is 3. The van der Waals surface area contributed by atoms with Gasteiger partial charge in [0.15, 0.2) is 0 Å². The van der Waals surface area contributed by atoms with Gasteiger partial charge in [-0.25, -0.2) is 14.4 Å². The van der Waals surface area contributed by atoms with Crippen LogP contribution in [0.4, 0.5) is 0 Å². The highest BCUT2D eigenvalue weighted by Crippen LogP contribution is 2.18. The molecule has 3 rings (SSSR count). The third-order valence-electron chi connectivity index (χ3n) is 5.41. The van der Waals surface area contributed by atoms with Crippen molar-refractivity contribution in [2.75, 3.05) is 19.8 Å². The molecule has 0 atom stereocenters. The summed E-state index contributed by atoms with van der Waals surface area (Å²) in [5, 5.41) is 50.8. The molecule has 0 saturated heterocycles. The molecule has 3 aromatic rings. The van der Waals surface area contributed by atoms with Crippen LogP contribution < -0.4 is 0 Å². The van der Waals surface area contributed by atoms with Gasteiger partial charge in [-0.3, -0.25) is 0 Å². The normalized spacial score (nSPS) is 10.6. The number of aliphatic hydroxyl groups is 3. The SMILES string of the molecule is CCC(CO)(CO)CO.O=C(O)C=Cc1ccccc1.O=C(O)C=Cc1ccccc1.O=C(O)C=Cc1ccccc1. The van der Waals surface area contributed by atoms with Gasteiger partial charge in [-0.15, -0.1) is 0 Å². The largest absolute Gasteiger partial charge is 0.478 e. The first kappa shape index (κ1) is 37.2. The third kappa shape index (κ3) is 19.3. The van der Waals surface area contributed by atoms with Gasteiger partial charge in [-0.2, -0.15) is 0 Å². The van der Waals surface area contributed by atoms with Crippen molar-refractivity contribution in [3.8, 4) is 0 Å². The van der Waals surface area contributed by atoms with E-state index >= 15 is 0 Å². The van der Waals surface area contributed by atoms with Crippen molar-refractivity contribution < 1.29 is 45.0 Å². The van der Waals surface area contributed by atoms with Crippen molar-refractivity contribution >= 4 is 36.1 Å². The first-order chi connectivity index (χ1) is 20.1. The van der Waals surface area contributed by atoms with Gasteiger partial charge in [0, 0.05) is 23.6 Å². The summed E-state index contributed by atoms with van der Waals surface area (Å²) >= 11 is 0. The molecule has 9 heteroatoms. The van der Waals surface area contributed by atoms with Crippen LogP contribution in [0.25, 0.3) is 18.2 Å². The Bertz CT molecular complexity index is 1070. The zero-order chi connectivity index (χ0) is 31.6. The quantitative estimate of drug-likeness (QED) is 0.186. The van der Waals surface area contributed by atoms with Crippen LogP contribution in [0.2, 0.25) is 0 Å². The second-order valence-electron chi connectivity index (χ2n) is 8.57. The molecule has 6 N–H and O–H groups in total. The van der Waals surface area contributed by atoms with Crippen LogP contribution in [0, 0.1) is 5.41 Å². The lowest BCUT2D eigenvalue weighted by Gasteiger charge is -2.24. The number of benzene rings is 3. The van der Waals surface area contributed by atoms with Crippen LogP contribution in [0.15, 0.2) is 109 Å². The summed E-state index contributed by atoms with van der Waals surface area (Å²) in [7, 11) is 0. The summed E-state index contributed by atoms with van der Waals surface area (Å²) < 4.78 is 0. The Hall–Kier alpha value is -4.83. The number of carboxylic acid groups (broad SMARTS) is 3. The predicted molar refractivity (Wildman–Crippen MR) is 163 cm³/mol. The second-order valence-corrected chi connectivity index (χ2v) is 8.57. The van der Waals surface area contributed by atoms with Crippen LogP contribution in [0.3, 0.4) is 0 Å². The second kappa shape index (κ2) is 22.9. The maximum absolute atomic E-state index is 10.1. The van der Waals surface area contributed by atoms with E-state index in [1.165, 1.54) is 0 Å². The van der Waals surface area contributed by atoms with Crippen molar-refractivity contribution in [1.29, 1.82) is 0 Å². The summed E-state index contributed by atoms with van der Waals surface area (Å²) in [5.41, 5.74) is 2.03. The van der Waals surface area contributed by atoms with Gasteiger partial charge < -0.3 is 30.6 Å².